The summed E-state index contributed by atoms with van der Waals surface area (Å²) in [5.41, 5.74) is 2.05. The highest BCUT2D eigenvalue weighted by Crippen LogP contribution is 2.18. The molecular formula is C17H23N3O4. The lowest BCUT2D eigenvalue weighted by atomic mass is 10.1. The molecule has 7 nitrogen and oxygen atoms in total. The number of nitrogens with zero attached hydrogens (tertiary/aromatic N) is 1. The third-order valence-electron chi connectivity index (χ3n) is 3.83. The van der Waals surface area contributed by atoms with Crippen LogP contribution in [-0.2, 0) is 14.3 Å². The Morgan fingerprint density at radius 3 is 2.58 bits per heavy atom. The standard InChI is InChI=1S/C17H23N3O4/c1-11-8-12(17(23)24-3)4-7-14(11)18-9-16(22)20(2)10-15(21)19-13-5-6-13/h4,7-8,13,18H,5-6,9-10H2,1-3H3,(H,19,21). The number of amides is 2. The lowest BCUT2D eigenvalue weighted by Crippen LogP contribution is -2.41. The summed E-state index contributed by atoms with van der Waals surface area (Å²) in [6.07, 6.45) is 2.04. The van der Waals surface area contributed by atoms with Gasteiger partial charge in [0.1, 0.15) is 0 Å². The maximum Gasteiger partial charge on any atom is 0.337 e. The number of carbonyl (C=O) groups excluding carboxylic acids is 3. The second-order valence-electron chi connectivity index (χ2n) is 5.97. The van der Waals surface area contributed by atoms with Crippen molar-refractivity contribution in [3.8, 4) is 0 Å². The highest BCUT2D eigenvalue weighted by molar-refractivity contribution is 5.90. The average molecular weight is 333 g/mol. The van der Waals surface area contributed by atoms with Gasteiger partial charge < -0.3 is 20.3 Å². The van der Waals surface area contributed by atoms with Gasteiger partial charge in [-0.05, 0) is 43.5 Å². The Labute approximate surface area is 141 Å². The normalized spacial score (nSPS) is 13.1. The van der Waals surface area contributed by atoms with Crippen molar-refractivity contribution in [2.24, 2.45) is 0 Å². The van der Waals surface area contributed by atoms with Crippen molar-refractivity contribution >= 4 is 23.5 Å². The van der Waals surface area contributed by atoms with Crippen LogP contribution in [0.15, 0.2) is 18.2 Å². The quantitative estimate of drug-likeness (QED) is 0.725. The molecular weight excluding hydrogens is 310 g/mol. The van der Waals surface area contributed by atoms with E-state index in [2.05, 4.69) is 15.4 Å². The van der Waals surface area contributed by atoms with Gasteiger partial charge in [-0.2, -0.15) is 0 Å². The number of aryl methyl sites for hydroxylation is 1. The van der Waals surface area contributed by atoms with E-state index >= 15 is 0 Å². The van der Waals surface area contributed by atoms with Gasteiger partial charge in [0.05, 0.1) is 25.8 Å². The van der Waals surface area contributed by atoms with Crippen molar-refractivity contribution in [3.63, 3.8) is 0 Å². The molecule has 0 aliphatic heterocycles. The monoisotopic (exact) mass is 333 g/mol. The largest absolute Gasteiger partial charge is 0.465 e. The predicted octanol–water partition coefficient (Wildman–Crippen LogP) is 0.931. The van der Waals surface area contributed by atoms with Gasteiger partial charge in [-0.1, -0.05) is 0 Å². The molecule has 1 aromatic carbocycles. The summed E-state index contributed by atoms with van der Waals surface area (Å²) in [5.74, 6) is -0.716. The smallest absolute Gasteiger partial charge is 0.337 e. The molecule has 0 saturated heterocycles. The van der Waals surface area contributed by atoms with E-state index in [0.717, 1.165) is 24.1 Å². The zero-order valence-electron chi connectivity index (χ0n) is 14.2. The summed E-state index contributed by atoms with van der Waals surface area (Å²) >= 11 is 0. The van der Waals surface area contributed by atoms with Crippen LogP contribution in [0.3, 0.4) is 0 Å². The first-order chi connectivity index (χ1) is 11.4. The van der Waals surface area contributed by atoms with E-state index < -0.39 is 5.97 Å². The lowest BCUT2D eigenvalue weighted by Gasteiger charge is -2.18. The molecule has 1 saturated carbocycles. The number of anilines is 1. The summed E-state index contributed by atoms with van der Waals surface area (Å²) in [6.45, 7) is 1.97. The van der Waals surface area contributed by atoms with Crippen molar-refractivity contribution in [2.45, 2.75) is 25.8 Å². The van der Waals surface area contributed by atoms with Crippen LogP contribution in [0.2, 0.25) is 0 Å². The third kappa shape index (κ3) is 4.97. The van der Waals surface area contributed by atoms with Crippen LogP contribution in [0, 0.1) is 6.92 Å². The van der Waals surface area contributed by atoms with E-state index in [0.29, 0.717) is 5.56 Å². The molecule has 0 radical (unpaired) electrons. The number of likely N-dealkylation sites (N-methyl/N-ethyl adjacent to an activating group) is 1. The van der Waals surface area contributed by atoms with Gasteiger partial charge >= 0.3 is 5.97 Å². The van der Waals surface area contributed by atoms with E-state index in [1.54, 1.807) is 25.2 Å². The van der Waals surface area contributed by atoms with Gasteiger partial charge in [0.2, 0.25) is 11.8 Å². The van der Waals surface area contributed by atoms with Gasteiger partial charge in [0.15, 0.2) is 0 Å². The third-order valence-corrected chi connectivity index (χ3v) is 3.83. The Hall–Kier alpha value is -2.57. The minimum Gasteiger partial charge on any atom is -0.465 e. The van der Waals surface area contributed by atoms with E-state index in [1.807, 2.05) is 6.92 Å². The number of methoxy groups -OCH3 is 1. The first-order valence-corrected chi connectivity index (χ1v) is 7.87. The van der Waals surface area contributed by atoms with Crippen molar-refractivity contribution in [1.82, 2.24) is 10.2 Å². The molecule has 7 heteroatoms. The van der Waals surface area contributed by atoms with E-state index in [-0.39, 0.29) is 30.9 Å². The van der Waals surface area contributed by atoms with Gasteiger partial charge in [-0.3, -0.25) is 9.59 Å². The molecule has 24 heavy (non-hydrogen) atoms. The van der Waals surface area contributed by atoms with Crippen LogP contribution in [0.25, 0.3) is 0 Å². The molecule has 130 valence electrons. The van der Waals surface area contributed by atoms with Gasteiger partial charge in [-0.25, -0.2) is 4.79 Å². The van der Waals surface area contributed by atoms with Crippen LogP contribution in [0.5, 0.6) is 0 Å². The first-order valence-electron chi connectivity index (χ1n) is 7.87. The number of benzene rings is 1. The molecule has 1 aromatic rings. The minimum absolute atomic E-state index is 0.0529. The number of hydrogen-bond acceptors (Lipinski definition) is 5. The van der Waals surface area contributed by atoms with Crippen LogP contribution in [0.1, 0.15) is 28.8 Å². The molecule has 2 N–H and O–H groups in total. The van der Waals surface area contributed by atoms with Crippen molar-refractivity contribution in [3.05, 3.63) is 29.3 Å². The van der Waals surface area contributed by atoms with Crippen LogP contribution in [0.4, 0.5) is 5.69 Å². The fourth-order valence-corrected chi connectivity index (χ4v) is 2.22. The fraction of sp³-hybridized carbons (Fsp3) is 0.471. The van der Waals surface area contributed by atoms with Gasteiger partial charge in [-0.15, -0.1) is 0 Å². The Morgan fingerprint density at radius 2 is 2.00 bits per heavy atom. The molecule has 0 atom stereocenters. The molecule has 0 aromatic heterocycles. The zero-order chi connectivity index (χ0) is 17.7. The van der Waals surface area contributed by atoms with Crippen molar-refractivity contribution in [1.29, 1.82) is 0 Å². The van der Waals surface area contributed by atoms with E-state index in [4.69, 9.17) is 0 Å². The number of hydrogen-bond donors (Lipinski definition) is 2. The maximum absolute atomic E-state index is 12.1. The van der Waals surface area contributed by atoms with Crippen molar-refractivity contribution in [2.75, 3.05) is 32.6 Å². The molecule has 0 unspecified atom stereocenters. The second-order valence-corrected chi connectivity index (χ2v) is 5.97. The number of nitrogens with one attached hydrogen (secondary N) is 2. The van der Waals surface area contributed by atoms with Gasteiger partial charge in [0.25, 0.3) is 0 Å². The summed E-state index contributed by atoms with van der Waals surface area (Å²) < 4.78 is 4.67. The second kappa shape index (κ2) is 7.81. The van der Waals surface area contributed by atoms with Crippen LogP contribution >= 0.6 is 0 Å². The van der Waals surface area contributed by atoms with Crippen molar-refractivity contribution < 1.29 is 19.1 Å². The molecule has 0 bridgehead atoms. The predicted molar refractivity (Wildman–Crippen MR) is 89.8 cm³/mol. The zero-order valence-corrected chi connectivity index (χ0v) is 14.2. The molecule has 2 amide bonds. The Bertz CT molecular complexity index is 641. The summed E-state index contributed by atoms with van der Waals surface area (Å²) in [5, 5.41) is 5.88. The van der Waals surface area contributed by atoms with E-state index in [9.17, 15) is 14.4 Å². The summed E-state index contributed by atoms with van der Waals surface area (Å²) in [4.78, 5) is 36.7. The molecule has 0 heterocycles. The molecule has 1 aliphatic carbocycles. The number of rotatable bonds is 7. The minimum atomic E-state index is -0.401. The Kier molecular flexibility index (Phi) is 5.78. The fourth-order valence-electron chi connectivity index (χ4n) is 2.22. The lowest BCUT2D eigenvalue weighted by molar-refractivity contribution is -0.133. The topological polar surface area (TPSA) is 87.7 Å². The number of esters is 1. The maximum atomic E-state index is 12.1. The molecule has 1 aliphatic rings. The first kappa shape index (κ1) is 17.8. The SMILES string of the molecule is COC(=O)c1ccc(NCC(=O)N(C)CC(=O)NC2CC2)c(C)c1. The highest BCUT2D eigenvalue weighted by Gasteiger charge is 2.24. The highest BCUT2D eigenvalue weighted by atomic mass is 16.5. The Balaban J connectivity index is 1.84. The number of ether oxygens (including phenoxy) is 1. The number of carbonyl (C=O) groups is 3. The van der Waals surface area contributed by atoms with E-state index in [1.165, 1.54) is 12.0 Å². The van der Waals surface area contributed by atoms with Crippen LogP contribution < -0.4 is 10.6 Å². The molecule has 0 spiro atoms. The summed E-state index contributed by atoms with van der Waals surface area (Å²) in [6, 6.07) is 5.36. The molecule has 2 rings (SSSR count). The summed E-state index contributed by atoms with van der Waals surface area (Å²) in [7, 11) is 2.93. The molecule has 1 fully saturated rings. The van der Waals surface area contributed by atoms with Gasteiger partial charge in [0, 0.05) is 18.8 Å². The Morgan fingerprint density at radius 1 is 1.29 bits per heavy atom. The average Bonchev–Trinajstić information content (AvgIpc) is 3.36. The van der Waals surface area contributed by atoms with Crippen LogP contribution in [-0.4, -0.2) is 56.0 Å².